The molecule has 1 saturated carbocycles. The zero-order valence-corrected chi connectivity index (χ0v) is 13.8. The van der Waals surface area contributed by atoms with Gasteiger partial charge in [0.15, 0.2) is 0 Å². The summed E-state index contributed by atoms with van der Waals surface area (Å²) >= 11 is 2.09. The van der Waals surface area contributed by atoms with Gasteiger partial charge in [0, 0.05) is 30.1 Å². The Bertz CT molecular complexity index is 284. The van der Waals surface area contributed by atoms with Crippen LogP contribution in [0, 0.1) is 17.8 Å². The van der Waals surface area contributed by atoms with Crippen molar-refractivity contribution >= 4 is 11.8 Å². The first kappa shape index (κ1) is 15.7. The van der Waals surface area contributed by atoms with E-state index in [0.29, 0.717) is 12.0 Å². The van der Waals surface area contributed by atoms with Gasteiger partial charge in [-0.3, -0.25) is 4.90 Å². The van der Waals surface area contributed by atoms with Gasteiger partial charge in [0.1, 0.15) is 0 Å². The number of aliphatic hydroxyl groups is 1. The average Bonchev–Trinajstić information content (AvgIpc) is 2.37. The zero-order valence-electron chi connectivity index (χ0n) is 13.0. The van der Waals surface area contributed by atoms with Gasteiger partial charge in [-0.2, -0.15) is 11.8 Å². The van der Waals surface area contributed by atoms with E-state index in [0.717, 1.165) is 30.1 Å². The molecule has 2 nitrogen and oxygen atoms in total. The Morgan fingerprint density at radius 3 is 2.68 bits per heavy atom. The molecule has 1 N–H and O–H groups in total. The summed E-state index contributed by atoms with van der Waals surface area (Å²) in [7, 11) is 0. The molecule has 5 atom stereocenters. The Balaban J connectivity index is 1.92. The topological polar surface area (TPSA) is 23.5 Å². The third-order valence-corrected chi connectivity index (χ3v) is 6.75. The molecule has 2 fully saturated rings. The summed E-state index contributed by atoms with van der Waals surface area (Å²) in [6, 6.07) is 0.658. The Morgan fingerprint density at radius 2 is 2.00 bits per heavy atom. The van der Waals surface area contributed by atoms with Crippen molar-refractivity contribution in [3.63, 3.8) is 0 Å². The van der Waals surface area contributed by atoms with Gasteiger partial charge < -0.3 is 5.11 Å². The maximum absolute atomic E-state index is 10.3. The fraction of sp³-hybridized carbons (Fsp3) is 1.00. The summed E-state index contributed by atoms with van der Waals surface area (Å²) in [4.78, 5) is 2.62. The predicted molar refractivity (Wildman–Crippen MR) is 84.6 cm³/mol. The molecule has 0 aromatic heterocycles. The van der Waals surface area contributed by atoms with Crippen LogP contribution in [0.3, 0.4) is 0 Å². The minimum Gasteiger partial charge on any atom is -0.393 e. The molecular weight excluding hydrogens is 254 g/mol. The molecule has 3 heteroatoms. The van der Waals surface area contributed by atoms with Crippen molar-refractivity contribution in [2.75, 3.05) is 18.8 Å². The summed E-state index contributed by atoms with van der Waals surface area (Å²) in [5, 5.41) is 11.1. The number of thioether (sulfide) groups is 1. The lowest BCUT2D eigenvalue weighted by Gasteiger charge is -2.43. The fourth-order valence-corrected chi connectivity index (χ4v) is 4.80. The Morgan fingerprint density at radius 1 is 1.26 bits per heavy atom. The maximum atomic E-state index is 10.3. The molecule has 112 valence electrons. The predicted octanol–water partition coefficient (Wildman–Crippen LogP) is 3.25. The van der Waals surface area contributed by atoms with Crippen LogP contribution in [-0.4, -0.2) is 46.2 Å². The van der Waals surface area contributed by atoms with Gasteiger partial charge in [-0.1, -0.05) is 20.8 Å². The third-order valence-electron chi connectivity index (χ3n) is 5.41. The Kier molecular flexibility index (Phi) is 5.62. The van der Waals surface area contributed by atoms with E-state index in [-0.39, 0.29) is 6.10 Å². The van der Waals surface area contributed by atoms with Crippen molar-refractivity contribution in [3.8, 4) is 0 Å². The molecule has 1 saturated heterocycles. The minimum atomic E-state index is -0.0629. The highest BCUT2D eigenvalue weighted by atomic mass is 32.2. The smallest absolute Gasteiger partial charge is 0.0580 e. The van der Waals surface area contributed by atoms with Crippen molar-refractivity contribution in [1.82, 2.24) is 4.90 Å². The lowest BCUT2D eigenvalue weighted by molar-refractivity contribution is 0.0126. The van der Waals surface area contributed by atoms with E-state index in [9.17, 15) is 5.11 Å². The highest BCUT2D eigenvalue weighted by Gasteiger charge is 2.34. The Hall–Kier alpha value is 0.270. The van der Waals surface area contributed by atoms with Gasteiger partial charge in [0.05, 0.1) is 6.10 Å². The largest absolute Gasteiger partial charge is 0.393 e. The quantitative estimate of drug-likeness (QED) is 0.861. The lowest BCUT2D eigenvalue weighted by Crippen LogP contribution is -2.49. The van der Waals surface area contributed by atoms with Crippen molar-refractivity contribution < 1.29 is 5.11 Å². The summed E-state index contributed by atoms with van der Waals surface area (Å²) in [6.45, 7) is 11.7. The van der Waals surface area contributed by atoms with Crippen LogP contribution in [0.2, 0.25) is 0 Å². The lowest BCUT2D eigenvalue weighted by atomic mass is 9.74. The van der Waals surface area contributed by atoms with E-state index in [2.05, 4.69) is 44.4 Å². The maximum Gasteiger partial charge on any atom is 0.0580 e. The fourth-order valence-electron chi connectivity index (χ4n) is 3.64. The van der Waals surface area contributed by atoms with Gasteiger partial charge in [0.25, 0.3) is 0 Å². The number of rotatable bonds is 3. The second-order valence-electron chi connectivity index (χ2n) is 6.96. The van der Waals surface area contributed by atoms with Crippen LogP contribution in [0.4, 0.5) is 0 Å². The normalized spacial score (nSPS) is 41.7. The molecule has 1 aliphatic heterocycles. The minimum absolute atomic E-state index is 0.0629. The molecule has 0 aromatic rings. The molecule has 19 heavy (non-hydrogen) atoms. The third kappa shape index (κ3) is 3.89. The number of nitrogens with zero attached hydrogens (tertiary/aromatic N) is 1. The average molecular weight is 285 g/mol. The SMILES string of the molecule is CC(C)C1CCC(O)C(CN2CCSC(C)C2C)C1. The Labute approximate surface area is 123 Å². The molecular formula is C16H31NOS. The summed E-state index contributed by atoms with van der Waals surface area (Å²) in [6.07, 6.45) is 3.40. The second-order valence-corrected chi connectivity index (χ2v) is 8.44. The first-order chi connectivity index (χ1) is 8.99. The molecule has 2 aliphatic rings. The molecule has 5 unspecified atom stereocenters. The molecule has 0 bridgehead atoms. The van der Waals surface area contributed by atoms with Gasteiger partial charge in [-0.15, -0.1) is 0 Å². The van der Waals surface area contributed by atoms with Gasteiger partial charge in [-0.05, 0) is 43.9 Å². The number of hydrogen-bond acceptors (Lipinski definition) is 3. The first-order valence-electron chi connectivity index (χ1n) is 8.02. The molecule has 0 aromatic carbocycles. The monoisotopic (exact) mass is 285 g/mol. The molecule has 0 amide bonds. The summed E-state index contributed by atoms with van der Waals surface area (Å²) in [5.41, 5.74) is 0. The van der Waals surface area contributed by atoms with E-state index in [1.165, 1.54) is 25.1 Å². The van der Waals surface area contributed by atoms with E-state index in [4.69, 9.17) is 0 Å². The van der Waals surface area contributed by atoms with Gasteiger partial charge in [0.2, 0.25) is 0 Å². The van der Waals surface area contributed by atoms with Crippen molar-refractivity contribution in [2.24, 2.45) is 17.8 Å². The number of hydrogen-bond donors (Lipinski definition) is 1. The van der Waals surface area contributed by atoms with Crippen LogP contribution >= 0.6 is 11.8 Å². The molecule has 2 rings (SSSR count). The molecule has 1 aliphatic carbocycles. The molecule has 0 spiro atoms. The zero-order chi connectivity index (χ0) is 14.0. The van der Waals surface area contributed by atoms with E-state index >= 15 is 0 Å². The summed E-state index contributed by atoms with van der Waals surface area (Å²) in [5.74, 6) is 3.34. The van der Waals surface area contributed by atoms with Crippen LogP contribution < -0.4 is 0 Å². The highest BCUT2D eigenvalue weighted by molar-refractivity contribution is 8.00. The number of aliphatic hydroxyl groups excluding tert-OH is 1. The van der Waals surface area contributed by atoms with Crippen LogP contribution in [-0.2, 0) is 0 Å². The highest BCUT2D eigenvalue weighted by Crippen LogP contribution is 2.35. The van der Waals surface area contributed by atoms with Crippen LogP contribution in [0.15, 0.2) is 0 Å². The van der Waals surface area contributed by atoms with Crippen molar-refractivity contribution in [1.29, 1.82) is 0 Å². The van der Waals surface area contributed by atoms with Gasteiger partial charge in [-0.25, -0.2) is 0 Å². The second kappa shape index (κ2) is 6.82. The van der Waals surface area contributed by atoms with E-state index in [1.54, 1.807) is 0 Å². The van der Waals surface area contributed by atoms with Gasteiger partial charge >= 0.3 is 0 Å². The van der Waals surface area contributed by atoms with E-state index < -0.39 is 0 Å². The van der Waals surface area contributed by atoms with Crippen LogP contribution in [0.25, 0.3) is 0 Å². The standard InChI is InChI=1S/C16H31NOS/c1-11(2)14-5-6-16(18)15(9-14)10-17-7-8-19-13(4)12(17)3/h11-16,18H,5-10H2,1-4H3. The molecule has 1 heterocycles. The van der Waals surface area contributed by atoms with Crippen molar-refractivity contribution in [3.05, 3.63) is 0 Å². The molecule has 0 radical (unpaired) electrons. The van der Waals surface area contributed by atoms with E-state index in [1.807, 2.05) is 0 Å². The van der Waals surface area contributed by atoms with Crippen LogP contribution in [0.5, 0.6) is 0 Å². The first-order valence-corrected chi connectivity index (χ1v) is 9.07. The summed E-state index contributed by atoms with van der Waals surface area (Å²) < 4.78 is 0. The van der Waals surface area contributed by atoms with Crippen molar-refractivity contribution in [2.45, 2.75) is 64.4 Å². The van der Waals surface area contributed by atoms with Crippen LogP contribution in [0.1, 0.15) is 47.0 Å².